The van der Waals surface area contributed by atoms with Crippen LogP contribution in [0.3, 0.4) is 0 Å². The molecule has 1 atom stereocenters. The van der Waals surface area contributed by atoms with E-state index in [0.717, 1.165) is 30.3 Å². The third kappa shape index (κ3) is 4.65. The molecule has 0 bridgehead atoms. The molecule has 0 aliphatic heterocycles. The van der Waals surface area contributed by atoms with Crippen molar-refractivity contribution in [2.45, 2.75) is 43.8 Å². The molecule has 0 fully saturated rings. The molecule has 2 aromatic carbocycles. The molecule has 182 valence electrons. The lowest BCUT2D eigenvalue weighted by molar-refractivity contribution is -0.158. The van der Waals surface area contributed by atoms with Gasteiger partial charge in [0.15, 0.2) is 6.10 Å². The van der Waals surface area contributed by atoms with Gasteiger partial charge in [-0.1, -0.05) is 92.2 Å². The maximum atomic E-state index is 12.5. The number of aliphatic carboxylic acids is 1. The van der Waals surface area contributed by atoms with Gasteiger partial charge in [-0.3, -0.25) is 0 Å². The topological polar surface area (TPSA) is 50.9 Å². The van der Waals surface area contributed by atoms with Crippen molar-refractivity contribution in [3.8, 4) is 0 Å². The fourth-order valence-electron chi connectivity index (χ4n) is 5.05. The van der Waals surface area contributed by atoms with E-state index in [-0.39, 0.29) is 5.92 Å². The van der Waals surface area contributed by atoms with Gasteiger partial charge in [0.1, 0.15) is 5.60 Å². The number of nitrogens with zero attached hydrogens (tertiary/aromatic N) is 1. The summed E-state index contributed by atoms with van der Waals surface area (Å²) in [7, 11) is 0. The minimum absolute atomic E-state index is 0.0963. The highest BCUT2D eigenvalue weighted by Crippen LogP contribution is 2.43. The average molecular weight is 478 g/mol. The van der Waals surface area contributed by atoms with E-state index in [1.807, 2.05) is 79.0 Å². The maximum Gasteiger partial charge on any atom is 0.337 e. The Kier molecular flexibility index (Phi) is 6.88. The molecule has 2 heterocycles. The van der Waals surface area contributed by atoms with Crippen LogP contribution in [0.15, 0.2) is 116 Å². The molecule has 4 nitrogen and oxygen atoms in total. The first kappa shape index (κ1) is 23.8. The van der Waals surface area contributed by atoms with E-state index in [0.29, 0.717) is 5.56 Å². The number of benzene rings is 2. The van der Waals surface area contributed by atoms with Crippen LogP contribution in [-0.4, -0.2) is 15.5 Å². The number of pyridine rings is 1. The molecule has 2 aromatic heterocycles. The number of ether oxygens (including phenoxy) is 1. The summed E-state index contributed by atoms with van der Waals surface area (Å²) in [5, 5.41) is 10.2. The molecule has 0 amide bonds. The zero-order valence-electron chi connectivity index (χ0n) is 20.5. The monoisotopic (exact) mass is 477 g/mol. The van der Waals surface area contributed by atoms with Crippen LogP contribution in [0, 0.1) is 0 Å². The molecule has 36 heavy (non-hydrogen) atoms. The molecule has 1 aliphatic carbocycles. The molecular weight excluding hydrogens is 446 g/mol. The van der Waals surface area contributed by atoms with Gasteiger partial charge in [-0.05, 0) is 53.8 Å². The van der Waals surface area contributed by atoms with Crippen LogP contribution in [0.1, 0.15) is 54.0 Å². The van der Waals surface area contributed by atoms with Crippen molar-refractivity contribution < 1.29 is 14.6 Å². The van der Waals surface area contributed by atoms with Gasteiger partial charge in [-0.25, -0.2) is 4.79 Å². The van der Waals surface area contributed by atoms with Crippen LogP contribution in [-0.2, 0) is 21.6 Å². The van der Waals surface area contributed by atoms with Crippen LogP contribution >= 0.6 is 0 Å². The molecule has 1 aliphatic rings. The molecule has 0 saturated heterocycles. The van der Waals surface area contributed by atoms with E-state index >= 15 is 0 Å². The number of hydrogen-bond donors (Lipinski definition) is 1. The lowest BCUT2D eigenvalue weighted by Crippen LogP contribution is -2.32. The van der Waals surface area contributed by atoms with Gasteiger partial charge in [-0.15, -0.1) is 0 Å². The van der Waals surface area contributed by atoms with Crippen molar-refractivity contribution in [1.82, 2.24) is 4.40 Å². The van der Waals surface area contributed by atoms with Gasteiger partial charge in [0.05, 0.1) is 0 Å². The van der Waals surface area contributed by atoms with Crippen molar-refractivity contribution in [3.63, 3.8) is 0 Å². The number of hydrogen-bond acceptors (Lipinski definition) is 2. The minimum Gasteiger partial charge on any atom is -0.479 e. The molecule has 5 rings (SSSR count). The average Bonchev–Trinajstić information content (AvgIpc) is 3.31. The van der Waals surface area contributed by atoms with Gasteiger partial charge >= 0.3 is 5.97 Å². The third-order valence-electron chi connectivity index (χ3n) is 6.92. The van der Waals surface area contributed by atoms with Crippen molar-refractivity contribution >= 4 is 11.5 Å². The van der Waals surface area contributed by atoms with Crippen molar-refractivity contribution in [1.29, 1.82) is 0 Å². The number of carboxylic acid groups (broad SMARTS) is 1. The maximum absolute atomic E-state index is 12.5. The van der Waals surface area contributed by atoms with Crippen LogP contribution in [0.5, 0.6) is 0 Å². The first-order valence-corrected chi connectivity index (χ1v) is 12.6. The first-order chi connectivity index (χ1) is 17.6. The van der Waals surface area contributed by atoms with Crippen molar-refractivity contribution in [2.24, 2.45) is 0 Å². The SMILES string of the molecule is CCCCc1c(C2(OC(C(=O)O)c3ccccc3)C=CC(c3ccccc3)C=C2)cn2ccccc12. The second-order valence-corrected chi connectivity index (χ2v) is 9.31. The number of rotatable bonds is 9. The Balaban J connectivity index is 1.65. The molecular formula is C32H31NO3. The Morgan fingerprint density at radius 3 is 2.31 bits per heavy atom. The van der Waals surface area contributed by atoms with Crippen LogP contribution < -0.4 is 0 Å². The number of aromatic nitrogens is 1. The Morgan fingerprint density at radius 1 is 0.972 bits per heavy atom. The van der Waals surface area contributed by atoms with Crippen molar-refractivity contribution in [3.05, 3.63) is 138 Å². The molecule has 1 N–H and O–H groups in total. The summed E-state index contributed by atoms with van der Waals surface area (Å²) in [6.45, 7) is 2.19. The highest BCUT2D eigenvalue weighted by Gasteiger charge is 2.39. The number of carboxylic acids is 1. The van der Waals surface area contributed by atoms with Gasteiger partial charge in [0.25, 0.3) is 0 Å². The highest BCUT2D eigenvalue weighted by atomic mass is 16.5. The third-order valence-corrected chi connectivity index (χ3v) is 6.92. The second kappa shape index (κ2) is 10.4. The van der Waals surface area contributed by atoms with Gasteiger partial charge in [0.2, 0.25) is 0 Å². The number of carbonyl (C=O) groups is 1. The lowest BCUT2D eigenvalue weighted by atomic mass is 9.82. The fourth-order valence-corrected chi connectivity index (χ4v) is 5.05. The summed E-state index contributed by atoms with van der Waals surface area (Å²) in [4.78, 5) is 12.5. The van der Waals surface area contributed by atoms with Crippen LogP contribution in [0.25, 0.3) is 5.52 Å². The Morgan fingerprint density at radius 2 is 1.64 bits per heavy atom. The number of allylic oxidation sites excluding steroid dienone is 2. The minimum atomic E-state index is -1.11. The first-order valence-electron chi connectivity index (χ1n) is 12.6. The summed E-state index contributed by atoms with van der Waals surface area (Å²) < 4.78 is 8.78. The predicted octanol–water partition coefficient (Wildman–Crippen LogP) is 7.23. The molecule has 1 unspecified atom stereocenters. The van der Waals surface area contributed by atoms with Crippen LogP contribution in [0.2, 0.25) is 0 Å². The van der Waals surface area contributed by atoms with E-state index < -0.39 is 17.7 Å². The molecule has 0 saturated carbocycles. The number of unbranched alkanes of at least 4 members (excludes halogenated alkanes) is 1. The van der Waals surface area contributed by atoms with E-state index in [4.69, 9.17) is 4.74 Å². The summed E-state index contributed by atoms with van der Waals surface area (Å²) in [6.07, 6.45) is 14.4. The summed E-state index contributed by atoms with van der Waals surface area (Å²) in [5.41, 5.74) is 4.10. The normalized spacial score (nSPS) is 20.0. The Hall–Kier alpha value is -3.89. The Bertz CT molecular complexity index is 1370. The van der Waals surface area contributed by atoms with Gasteiger partial charge in [-0.2, -0.15) is 0 Å². The number of fused-ring (bicyclic) bond motifs is 1. The number of aryl methyl sites for hydroxylation is 1. The summed E-state index contributed by atoms with van der Waals surface area (Å²) >= 11 is 0. The second-order valence-electron chi connectivity index (χ2n) is 9.31. The van der Waals surface area contributed by atoms with E-state index in [1.165, 1.54) is 11.1 Å². The Labute approximate surface area is 212 Å². The lowest BCUT2D eigenvalue weighted by Gasteiger charge is -2.34. The smallest absolute Gasteiger partial charge is 0.337 e. The van der Waals surface area contributed by atoms with E-state index in [9.17, 15) is 9.90 Å². The van der Waals surface area contributed by atoms with E-state index in [1.54, 1.807) is 0 Å². The zero-order chi connectivity index (χ0) is 25.0. The molecule has 0 spiro atoms. The van der Waals surface area contributed by atoms with Gasteiger partial charge < -0.3 is 14.2 Å². The van der Waals surface area contributed by atoms with Crippen LogP contribution in [0.4, 0.5) is 0 Å². The molecule has 4 aromatic rings. The predicted molar refractivity (Wildman–Crippen MR) is 143 cm³/mol. The molecule has 0 radical (unpaired) electrons. The quantitative estimate of drug-likeness (QED) is 0.259. The standard InChI is InChI=1S/C32H31NO3/c1-2-3-16-27-28(23-33-22-11-10-17-29(27)33)32(36-30(31(34)35)26-14-8-5-9-15-26)20-18-25(19-21-32)24-12-6-4-7-13-24/h4-15,17-23,25,30H,2-3,16H2,1H3,(H,34,35). The van der Waals surface area contributed by atoms with Gasteiger partial charge in [0, 0.05) is 29.4 Å². The largest absolute Gasteiger partial charge is 0.479 e. The van der Waals surface area contributed by atoms with E-state index in [2.05, 4.69) is 47.9 Å². The summed E-state index contributed by atoms with van der Waals surface area (Å²) in [6, 6.07) is 25.7. The zero-order valence-corrected chi connectivity index (χ0v) is 20.5. The fraction of sp³-hybridized carbons (Fsp3) is 0.219. The summed E-state index contributed by atoms with van der Waals surface area (Å²) in [5.74, 6) is -0.912. The van der Waals surface area contributed by atoms with Crippen molar-refractivity contribution in [2.75, 3.05) is 0 Å². The molecule has 4 heteroatoms. The highest BCUT2D eigenvalue weighted by molar-refractivity contribution is 5.74.